The van der Waals surface area contributed by atoms with Crippen LogP contribution in [0.25, 0.3) is 11.3 Å². The van der Waals surface area contributed by atoms with Gasteiger partial charge in [-0.1, -0.05) is 12.1 Å². The van der Waals surface area contributed by atoms with Crippen molar-refractivity contribution in [2.75, 3.05) is 0 Å². The second-order valence-corrected chi connectivity index (χ2v) is 5.02. The minimum absolute atomic E-state index is 0.164. The molecule has 3 rings (SSSR count). The molecule has 0 fully saturated rings. The molecule has 6 heteroatoms. The van der Waals surface area contributed by atoms with Crippen LogP contribution in [0.15, 0.2) is 64.0 Å². The van der Waals surface area contributed by atoms with Gasteiger partial charge in [0.05, 0.1) is 18.5 Å². The first-order valence-electron chi connectivity index (χ1n) is 7.09. The molecular formula is C17H15N3O3. The molecule has 0 spiro atoms. The molecule has 0 saturated carbocycles. The van der Waals surface area contributed by atoms with Crippen molar-refractivity contribution in [2.24, 2.45) is 7.05 Å². The Labute approximate surface area is 132 Å². The first-order chi connectivity index (χ1) is 11.1. The summed E-state index contributed by atoms with van der Waals surface area (Å²) in [5, 5.41) is 6.96. The lowest BCUT2D eigenvalue weighted by Crippen LogP contribution is -2.22. The molecule has 0 bridgehead atoms. The van der Waals surface area contributed by atoms with Crippen LogP contribution in [-0.4, -0.2) is 15.7 Å². The standard InChI is InChI=1S/C17H15N3O3/c1-20-16(21)9-8-15(19-20)12-4-6-13(7-5-12)17(22)18-11-14-3-2-10-23-14/h2-10H,11H2,1H3,(H,18,22). The number of carbonyl (C=O) groups is 1. The highest BCUT2D eigenvalue weighted by Gasteiger charge is 2.07. The van der Waals surface area contributed by atoms with Gasteiger partial charge in [0.2, 0.25) is 0 Å². The Morgan fingerprint density at radius 3 is 2.61 bits per heavy atom. The number of aryl methyl sites for hydroxylation is 1. The van der Waals surface area contributed by atoms with Crippen molar-refractivity contribution in [1.82, 2.24) is 15.1 Å². The van der Waals surface area contributed by atoms with Crippen molar-refractivity contribution in [2.45, 2.75) is 6.54 Å². The zero-order valence-electron chi connectivity index (χ0n) is 12.5. The molecule has 116 valence electrons. The van der Waals surface area contributed by atoms with Crippen LogP contribution >= 0.6 is 0 Å². The van der Waals surface area contributed by atoms with E-state index in [1.807, 2.05) is 0 Å². The van der Waals surface area contributed by atoms with Crippen molar-refractivity contribution in [3.05, 3.63) is 76.5 Å². The zero-order valence-corrected chi connectivity index (χ0v) is 12.5. The summed E-state index contributed by atoms with van der Waals surface area (Å²) in [6, 6.07) is 13.7. The molecule has 0 saturated heterocycles. The van der Waals surface area contributed by atoms with Gasteiger partial charge < -0.3 is 9.73 Å². The van der Waals surface area contributed by atoms with Crippen LogP contribution in [0.4, 0.5) is 0 Å². The first-order valence-corrected chi connectivity index (χ1v) is 7.09. The van der Waals surface area contributed by atoms with E-state index in [0.29, 0.717) is 23.6 Å². The van der Waals surface area contributed by atoms with Gasteiger partial charge in [0.1, 0.15) is 5.76 Å². The third-order valence-electron chi connectivity index (χ3n) is 3.41. The van der Waals surface area contributed by atoms with Crippen molar-refractivity contribution < 1.29 is 9.21 Å². The summed E-state index contributed by atoms with van der Waals surface area (Å²) in [5.74, 6) is 0.519. The quantitative estimate of drug-likeness (QED) is 0.799. The van der Waals surface area contributed by atoms with Crippen molar-refractivity contribution in [3.63, 3.8) is 0 Å². The average Bonchev–Trinajstić information content (AvgIpc) is 3.09. The second-order valence-electron chi connectivity index (χ2n) is 5.02. The number of hydrogen-bond acceptors (Lipinski definition) is 4. The first kappa shape index (κ1) is 14.8. The largest absolute Gasteiger partial charge is 0.467 e. The Morgan fingerprint density at radius 1 is 1.17 bits per heavy atom. The van der Waals surface area contributed by atoms with Gasteiger partial charge >= 0.3 is 0 Å². The van der Waals surface area contributed by atoms with E-state index in [1.54, 1.807) is 55.8 Å². The number of carbonyl (C=O) groups excluding carboxylic acids is 1. The molecule has 1 aromatic carbocycles. The molecule has 6 nitrogen and oxygen atoms in total. The fourth-order valence-electron chi connectivity index (χ4n) is 2.13. The lowest BCUT2D eigenvalue weighted by Gasteiger charge is -2.06. The maximum absolute atomic E-state index is 12.1. The maximum atomic E-state index is 12.1. The van der Waals surface area contributed by atoms with E-state index in [9.17, 15) is 9.59 Å². The van der Waals surface area contributed by atoms with E-state index in [0.717, 1.165) is 5.56 Å². The van der Waals surface area contributed by atoms with E-state index < -0.39 is 0 Å². The average molecular weight is 309 g/mol. The van der Waals surface area contributed by atoms with Crippen molar-refractivity contribution >= 4 is 5.91 Å². The van der Waals surface area contributed by atoms with Gasteiger partial charge in [0.25, 0.3) is 11.5 Å². The Kier molecular flexibility index (Phi) is 4.05. The summed E-state index contributed by atoms with van der Waals surface area (Å²) >= 11 is 0. The van der Waals surface area contributed by atoms with Crippen molar-refractivity contribution in [1.29, 1.82) is 0 Å². The minimum Gasteiger partial charge on any atom is -0.467 e. The minimum atomic E-state index is -0.179. The lowest BCUT2D eigenvalue weighted by molar-refractivity contribution is 0.0948. The summed E-state index contributed by atoms with van der Waals surface area (Å²) in [5.41, 5.74) is 1.89. The SMILES string of the molecule is Cn1nc(-c2ccc(C(=O)NCc3ccco3)cc2)ccc1=O. The Balaban J connectivity index is 1.72. The third-order valence-corrected chi connectivity index (χ3v) is 3.41. The van der Waals surface area contributed by atoms with E-state index >= 15 is 0 Å². The van der Waals surface area contributed by atoms with Crippen LogP contribution in [0, 0.1) is 0 Å². The number of furan rings is 1. The molecular weight excluding hydrogens is 294 g/mol. The molecule has 2 heterocycles. The van der Waals surface area contributed by atoms with Crippen molar-refractivity contribution in [3.8, 4) is 11.3 Å². The molecule has 23 heavy (non-hydrogen) atoms. The highest BCUT2D eigenvalue weighted by Crippen LogP contribution is 2.16. The van der Waals surface area contributed by atoms with Gasteiger partial charge in [0, 0.05) is 24.2 Å². The smallest absolute Gasteiger partial charge is 0.266 e. The highest BCUT2D eigenvalue weighted by atomic mass is 16.3. The fourth-order valence-corrected chi connectivity index (χ4v) is 2.13. The molecule has 0 radical (unpaired) electrons. The van der Waals surface area contributed by atoms with Gasteiger partial charge in [-0.3, -0.25) is 9.59 Å². The predicted octanol–water partition coefficient (Wildman–Crippen LogP) is 1.97. The number of aromatic nitrogens is 2. The number of nitrogens with zero attached hydrogens (tertiary/aromatic N) is 2. The number of rotatable bonds is 4. The number of hydrogen-bond donors (Lipinski definition) is 1. The number of benzene rings is 1. The second kappa shape index (κ2) is 6.31. The Bertz CT molecular complexity index is 865. The molecule has 0 aliphatic carbocycles. The molecule has 2 aromatic heterocycles. The van der Waals surface area contributed by atoms with Gasteiger partial charge in [-0.25, -0.2) is 4.68 Å². The highest BCUT2D eigenvalue weighted by molar-refractivity contribution is 5.94. The van der Waals surface area contributed by atoms with Gasteiger partial charge in [-0.2, -0.15) is 5.10 Å². The molecule has 0 atom stereocenters. The van der Waals surface area contributed by atoms with Crippen LogP contribution in [-0.2, 0) is 13.6 Å². The molecule has 0 aliphatic heterocycles. The monoisotopic (exact) mass is 309 g/mol. The van der Waals surface area contributed by atoms with Crippen LogP contribution in [0.2, 0.25) is 0 Å². The van der Waals surface area contributed by atoms with E-state index in [2.05, 4.69) is 10.4 Å². The maximum Gasteiger partial charge on any atom is 0.266 e. The summed E-state index contributed by atoms with van der Waals surface area (Å²) in [7, 11) is 1.60. The van der Waals surface area contributed by atoms with E-state index in [-0.39, 0.29) is 11.5 Å². The molecule has 1 amide bonds. The summed E-state index contributed by atoms with van der Waals surface area (Å²) in [4.78, 5) is 23.4. The van der Waals surface area contributed by atoms with Crippen LogP contribution in [0.5, 0.6) is 0 Å². The van der Waals surface area contributed by atoms with Gasteiger partial charge in [-0.05, 0) is 30.3 Å². The van der Waals surface area contributed by atoms with Crippen LogP contribution in [0.1, 0.15) is 16.1 Å². The molecule has 0 aliphatic rings. The summed E-state index contributed by atoms with van der Waals surface area (Å²) in [6.07, 6.45) is 1.57. The Hall–Kier alpha value is -3.15. The normalized spacial score (nSPS) is 10.5. The molecule has 3 aromatic rings. The van der Waals surface area contributed by atoms with Crippen LogP contribution in [0.3, 0.4) is 0 Å². The zero-order chi connectivity index (χ0) is 16.2. The summed E-state index contributed by atoms with van der Waals surface area (Å²) < 4.78 is 6.44. The van der Waals surface area contributed by atoms with E-state index in [4.69, 9.17) is 4.42 Å². The molecule has 0 unspecified atom stereocenters. The van der Waals surface area contributed by atoms with Gasteiger partial charge in [-0.15, -0.1) is 0 Å². The summed E-state index contributed by atoms with van der Waals surface area (Å²) in [6.45, 7) is 0.343. The van der Waals surface area contributed by atoms with Crippen LogP contribution < -0.4 is 10.9 Å². The number of amides is 1. The Morgan fingerprint density at radius 2 is 1.96 bits per heavy atom. The fraction of sp³-hybridized carbons (Fsp3) is 0.118. The number of nitrogens with one attached hydrogen (secondary N) is 1. The third kappa shape index (κ3) is 3.37. The molecule has 1 N–H and O–H groups in total. The van der Waals surface area contributed by atoms with Gasteiger partial charge in [0.15, 0.2) is 0 Å². The van der Waals surface area contributed by atoms with E-state index in [1.165, 1.54) is 10.7 Å². The predicted molar refractivity (Wildman–Crippen MR) is 84.8 cm³/mol. The lowest BCUT2D eigenvalue weighted by atomic mass is 10.1. The topological polar surface area (TPSA) is 77.1 Å².